The number of rotatable bonds is 6. The zero-order valence-electron chi connectivity index (χ0n) is 10.9. The van der Waals surface area contributed by atoms with Crippen molar-refractivity contribution in [1.29, 1.82) is 0 Å². The molecule has 0 aromatic carbocycles. The highest BCUT2D eigenvalue weighted by Gasteiger charge is 2.10. The molecule has 0 atom stereocenters. The summed E-state index contributed by atoms with van der Waals surface area (Å²) in [6.07, 6.45) is 3.88. The Balaban J connectivity index is 2.42. The van der Waals surface area contributed by atoms with E-state index in [9.17, 15) is 4.79 Å². The number of hydrogen-bond acceptors (Lipinski definition) is 2. The van der Waals surface area contributed by atoms with Crippen LogP contribution in [-0.4, -0.2) is 34.3 Å². The lowest BCUT2D eigenvalue weighted by molar-refractivity contribution is 0.205. The van der Waals surface area contributed by atoms with Crippen LogP contribution in [0.5, 0.6) is 0 Å². The second kappa shape index (κ2) is 6.93. The SMILES string of the molecule is CCCCNC(=O)N(C)Cc1ccnn1CC. The van der Waals surface area contributed by atoms with Gasteiger partial charge in [0.05, 0.1) is 12.2 Å². The van der Waals surface area contributed by atoms with Crippen molar-refractivity contribution in [2.24, 2.45) is 0 Å². The van der Waals surface area contributed by atoms with E-state index in [0.717, 1.165) is 31.6 Å². The van der Waals surface area contributed by atoms with Crippen LogP contribution in [0.1, 0.15) is 32.4 Å². The average molecular weight is 238 g/mol. The molecular weight excluding hydrogens is 216 g/mol. The van der Waals surface area contributed by atoms with Gasteiger partial charge in [0, 0.05) is 26.3 Å². The lowest BCUT2D eigenvalue weighted by Crippen LogP contribution is -2.37. The number of urea groups is 1. The van der Waals surface area contributed by atoms with Crippen LogP contribution < -0.4 is 5.32 Å². The van der Waals surface area contributed by atoms with E-state index in [4.69, 9.17) is 0 Å². The highest BCUT2D eigenvalue weighted by Crippen LogP contribution is 2.03. The molecule has 1 aromatic heterocycles. The van der Waals surface area contributed by atoms with E-state index in [-0.39, 0.29) is 6.03 Å². The van der Waals surface area contributed by atoms with E-state index in [0.29, 0.717) is 6.54 Å². The average Bonchev–Trinajstić information content (AvgIpc) is 2.76. The highest BCUT2D eigenvalue weighted by molar-refractivity contribution is 5.73. The third-order valence-electron chi connectivity index (χ3n) is 2.66. The van der Waals surface area contributed by atoms with Gasteiger partial charge in [0.2, 0.25) is 0 Å². The summed E-state index contributed by atoms with van der Waals surface area (Å²) in [5.74, 6) is 0. The van der Waals surface area contributed by atoms with E-state index in [1.165, 1.54) is 0 Å². The number of nitrogens with zero attached hydrogens (tertiary/aromatic N) is 3. The molecule has 0 unspecified atom stereocenters. The summed E-state index contributed by atoms with van der Waals surface area (Å²) in [4.78, 5) is 13.4. The molecule has 0 aliphatic rings. The zero-order valence-corrected chi connectivity index (χ0v) is 10.9. The second-order valence-corrected chi connectivity index (χ2v) is 4.08. The van der Waals surface area contributed by atoms with Crippen molar-refractivity contribution >= 4 is 6.03 Å². The molecule has 5 nitrogen and oxygen atoms in total. The van der Waals surface area contributed by atoms with Crippen molar-refractivity contribution in [3.8, 4) is 0 Å². The summed E-state index contributed by atoms with van der Waals surface area (Å²) in [7, 11) is 1.80. The van der Waals surface area contributed by atoms with E-state index < -0.39 is 0 Å². The van der Waals surface area contributed by atoms with E-state index in [2.05, 4.69) is 17.3 Å². The fourth-order valence-electron chi connectivity index (χ4n) is 1.60. The van der Waals surface area contributed by atoms with Crippen molar-refractivity contribution in [3.05, 3.63) is 18.0 Å². The first-order valence-corrected chi connectivity index (χ1v) is 6.18. The van der Waals surface area contributed by atoms with Gasteiger partial charge in [0.25, 0.3) is 0 Å². The normalized spacial score (nSPS) is 10.3. The largest absolute Gasteiger partial charge is 0.338 e. The smallest absolute Gasteiger partial charge is 0.317 e. The van der Waals surface area contributed by atoms with Crippen LogP contribution >= 0.6 is 0 Å². The maximum absolute atomic E-state index is 11.7. The number of aromatic nitrogens is 2. The Morgan fingerprint density at radius 3 is 2.94 bits per heavy atom. The molecule has 0 spiro atoms. The van der Waals surface area contributed by atoms with Crippen molar-refractivity contribution in [3.63, 3.8) is 0 Å². The van der Waals surface area contributed by atoms with Gasteiger partial charge in [-0.2, -0.15) is 5.10 Å². The van der Waals surface area contributed by atoms with Gasteiger partial charge in [0.1, 0.15) is 0 Å². The fourth-order valence-corrected chi connectivity index (χ4v) is 1.60. The number of unbranched alkanes of at least 4 members (excludes halogenated alkanes) is 1. The van der Waals surface area contributed by atoms with Crippen LogP contribution in [0.4, 0.5) is 4.79 Å². The van der Waals surface area contributed by atoms with Crippen LogP contribution in [0.3, 0.4) is 0 Å². The summed E-state index contributed by atoms with van der Waals surface area (Å²) in [5.41, 5.74) is 1.06. The highest BCUT2D eigenvalue weighted by atomic mass is 16.2. The van der Waals surface area contributed by atoms with Crippen molar-refractivity contribution in [1.82, 2.24) is 20.0 Å². The van der Waals surface area contributed by atoms with Gasteiger partial charge < -0.3 is 10.2 Å². The molecule has 96 valence electrons. The summed E-state index contributed by atoms with van der Waals surface area (Å²) in [6.45, 7) is 6.31. The van der Waals surface area contributed by atoms with Crippen molar-refractivity contribution in [2.45, 2.75) is 39.8 Å². The number of aryl methyl sites for hydroxylation is 1. The molecule has 0 aliphatic carbocycles. The monoisotopic (exact) mass is 238 g/mol. The Labute approximate surface area is 103 Å². The topological polar surface area (TPSA) is 50.2 Å². The quantitative estimate of drug-likeness (QED) is 0.769. The molecule has 1 rings (SSSR count). The van der Waals surface area contributed by atoms with Gasteiger partial charge in [-0.3, -0.25) is 4.68 Å². The van der Waals surface area contributed by atoms with Crippen LogP contribution in [0, 0.1) is 0 Å². The standard InChI is InChI=1S/C12H22N4O/c1-4-6-8-13-12(17)15(3)10-11-7-9-14-16(11)5-2/h7,9H,4-6,8,10H2,1-3H3,(H,13,17). The molecule has 0 aliphatic heterocycles. The molecule has 2 amide bonds. The number of nitrogens with one attached hydrogen (secondary N) is 1. The molecule has 1 heterocycles. The van der Waals surface area contributed by atoms with Crippen LogP contribution in [0.15, 0.2) is 12.3 Å². The van der Waals surface area contributed by atoms with E-state index in [1.807, 2.05) is 17.7 Å². The number of amides is 2. The summed E-state index contributed by atoms with van der Waals surface area (Å²) >= 11 is 0. The molecule has 0 saturated heterocycles. The van der Waals surface area contributed by atoms with Gasteiger partial charge >= 0.3 is 6.03 Å². The van der Waals surface area contributed by atoms with Gasteiger partial charge in [-0.05, 0) is 19.4 Å². The second-order valence-electron chi connectivity index (χ2n) is 4.08. The summed E-state index contributed by atoms with van der Waals surface area (Å²) < 4.78 is 1.90. The van der Waals surface area contributed by atoms with Gasteiger partial charge in [-0.1, -0.05) is 13.3 Å². The number of hydrogen-bond donors (Lipinski definition) is 1. The number of carbonyl (C=O) groups is 1. The molecule has 5 heteroatoms. The maximum Gasteiger partial charge on any atom is 0.317 e. The van der Waals surface area contributed by atoms with E-state index >= 15 is 0 Å². The maximum atomic E-state index is 11.7. The predicted molar refractivity (Wildman–Crippen MR) is 67.7 cm³/mol. The molecule has 17 heavy (non-hydrogen) atoms. The predicted octanol–water partition coefficient (Wildman–Crippen LogP) is 1.84. The van der Waals surface area contributed by atoms with Crippen molar-refractivity contribution in [2.75, 3.05) is 13.6 Å². The third kappa shape index (κ3) is 4.09. The lowest BCUT2D eigenvalue weighted by atomic mass is 10.3. The summed E-state index contributed by atoms with van der Waals surface area (Å²) in [6, 6.07) is 1.92. The molecule has 1 N–H and O–H groups in total. The Morgan fingerprint density at radius 1 is 1.53 bits per heavy atom. The fraction of sp³-hybridized carbons (Fsp3) is 0.667. The molecule has 0 bridgehead atoms. The Morgan fingerprint density at radius 2 is 2.29 bits per heavy atom. The molecular formula is C12H22N4O. The van der Waals surface area contributed by atoms with E-state index in [1.54, 1.807) is 18.1 Å². The number of carbonyl (C=O) groups excluding carboxylic acids is 1. The van der Waals surface area contributed by atoms with Gasteiger partial charge in [-0.15, -0.1) is 0 Å². The molecule has 1 aromatic rings. The first kappa shape index (κ1) is 13.5. The molecule has 0 fully saturated rings. The van der Waals surface area contributed by atoms with Gasteiger partial charge in [-0.25, -0.2) is 4.79 Å². The van der Waals surface area contributed by atoms with Crippen LogP contribution in [0.2, 0.25) is 0 Å². The lowest BCUT2D eigenvalue weighted by Gasteiger charge is -2.18. The first-order chi connectivity index (χ1) is 8.19. The van der Waals surface area contributed by atoms with Gasteiger partial charge in [0.15, 0.2) is 0 Å². The Bertz CT molecular complexity index is 348. The van der Waals surface area contributed by atoms with Crippen LogP contribution in [-0.2, 0) is 13.1 Å². The minimum Gasteiger partial charge on any atom is -0.338 e. The van der Waals surface area contributed by atoms with Crippen LogP contribution in [0.25, 0.3) is 0 Å². The Hall–Kier alpha value is -1.52. The third-order valence-corrected chi connectivity index (χ3v) is 2.66. The molecule has 0 saturated carbocycles. The minimum absolute atomic E-state index is 0.0256. The molecule has 0 radical (unpaired) electrons. The summed E-state index contributed by atoms with van der Waals surface area (Å²) in [5, 5.41) is 7.07. The van der Waals surface area contributed by atoms with Crippen molar-refractivity contribution < 1.29 is 4.79 Å². The Kier molecular flexibility index (Phi) is 5.52. The minimum atomic E-state index is -0.0256. The first-order valence-electron chi connectivity index (χ1n) is 6.18. The zero-order chi connectivity index (χ0) is 12.7.